The number of methoxy groups -OCH3 is 2. The molecule has 2 amide bonds. The fourth-order valence-corrected chi connectivity index (χ4v) is 5.42. The molecule has 10 heteroatoms. The van der Waals surface area contributed by atoms with Crippen LogP contribution in [-0.4, -0.2) is 70.6 Å². The second-order valence-corrected chi connectivity index (χ2v) is 9.41. The van der Waals surface area contributed by atoms with Gasteiger partial charge in [0, 0.05) is 43.7 Å². The zero-order chi connectivity index (χ0) is 20.9. The molecule has 29 heavy (non-hydrogen) atoms. The first-order chi connectivity index (χ1) is 14.0. The number of sulfonamides is 1. The highest BCUT2D eigenvalue weighted by Crippen LogP contribution is 2.31. The maximum absolute atomic E-state index is 13.1. The lowest BCUT2D eigenvalue weighted by Crippen LogP contribution is -2.53. The van der Waals surface area contributed by atoms with Crippen LogP contribution in [0.1, 0.15) is 4.88 Å². The van der Waals surface area contributed by atoms with Gasteiger partial charge in [0.05, 0.1) is 14.2 Å². The van der Waals surface area contributed by atoms with E-state index in [1.165, 1.54) is 29.5 Å². The Morgan fingerprint density at radius 1 is 1.14 bits per heavy atom. The number of amides is 2. The van der Waals surface area contributed by atoms with Gasteiger partial charge < -0.3 is 19.7 Å². The minimum Gasteiger partial charge on any atom is -0.497 e. The molecule has 0 bridgehead atoms. The molecule has 1 aliphatic heterocycles. The average Bonchev–Trinajstić information content (AvgIpc) is 3.26. The van der Waals surface area contributed by atoms with Crippen LogP contribution < -0.4 is 14.8 Å². The summed E-state index contributed by atoms with van der Waals surface area (Å²) in [7, 11) is -0.852. The molecule has 2 aromatic rings. The minimum atomic E-state index is -3.76. The third-order valence-electron chi connectivity index (χ3n) is 4.74. The third-order valence-corrected chi connectivity index (χ3v) is 7.60. The van der Waals surface area contributed by atoms with Crippen LogP contribution in [0.4, 0.5) is 4.79 Å². The number of thiophene rings is 1. The number of nitrogens with one attached hydrogen (secondary N) is 1. The van der Waals surface area contributed by atoms with E-state index in [1.807, 2.05) is 17.5 Å². The van der Waals surface area contributed by atoms with Gasteiger partial charge in [0.2, 0.25) is 10.0 Å². The molecule has 158 valence electrons. The fourth-order valence-electron chi connectivity index (χ4n) is 3.12. The number of carbonyl (C=O) groups is 1. The number of benzene rings is 1. The number of urea groups is 1. The molecule has 1 N–H and O–H groups in total. The topological polar surface area (TPSA) is 88.2 Å². The van der Waals surface area contributed by atoms with Crippen molar-refractivity contribution in [3.05, 3.63) is 40.6 Å². The summed E-state index contributed by atoms with van der Waals surface area (Å²) in [5, 5.41) is 4.91. The summed E-state index contributed by atoms with van der Waals surface area (Å²) >= 11 is 1.66. The molecule has 8 nitrogen and oxygen atoms in total. The Hall–Kier alpha value is -2.30. The summed E-state index contributed by atoms with van der Waals surface area (Å²) in [6.07, 6.45) is 0.785. The Morgan fingerprint density at radius 3 is 2.52 bits per heavy atom. The zero-order valence-electron chi connectivity index (χ0n) is 16.5. The number of rotatable bonds is 7. The highest BCUT2D eigenvalue weighted by molar-refractivity contribution is 7.89. The van der Waals surface area contributed by atoms with Gasteiger partial charge in [0.15, 0.2) is 0 Å². The van der Waals surface area contributed by atoms with E-state index in [0.717, 1.165) is 6.42 Å². The molecule has 1 fully saturated rings. The molecule has 0 aliphatic carbocycles. The smallest absolute Gasteiger partial charge is 0.317 e. The van der Waals surface area contributed by atoms with E-state index in [2.05, 4.69) is 5.32 Å². The fraction of sp³-hybridized carbons (Fsp3) is 0.421. The van der Waals surface area contributed by atoms with Crippen molar-refractivity contribution in [1.82, 2.24) is 14.5 Å². The van der Waals surface area contributed by atoms with Crippen molar-refractivity contribution >= 4 is 27.4 Å². The highest BCUT2D eigenvalue weighted by Gasteiger charge is 2.32. The Balaban J connectivity index is 1.59. The molecule has 0 spiro atoms. The first-order valence-electron chi connectivity index (χ1n) is 9.23. The Kier molecular flexibility index (Phi) is 6.99. The van der Waals surface area contributed by atoms with Crippen LogP contribution in [0.25, 0.3) is 0 Å². The Bertz CT molecular complexity index is 923. The van der Waals surface area contributed by atoms with E-state index in [-0.39, 0.29) is 29.8 Å². The standard InChI is InChI=1S/C19H25N3O5S2/c1-26-15-5-6-17(27-2)18(14-15)29(24,25)22-11-9-21(10-12-22)19(23)20-8-7-16-4-3-13-28-16/h3-6,13-14H,7-12H2,1-2H3,(H,20,23). The van der Waals surface area contributed by atoms with Crippen LogP contribution >= 0.6 is 11.3 Å². The molecule has 1 aliphatic rings. The van der Waals surface area contributed by atoms with Gasteiger partial charge in [-0.15, -0.1) is 11.3 Å². The lowest BCUT2D eigenvalue weighted by molar-refractivity contribution is 0.172. The molecule has 0 unspecified atom stereocenters. The first-order valence-corrected chi connectivity index (χ1v) is 11.5. The molecular weight excluding hydrogens is 414 g/mol. The predicted octanol–water partition coefficient (Wildman–Crippen LogP) is 2.02. The SMILES string of the molecule is COc1ccc(OC)c(S(=O)(=O)N2CCN(C(=O)NCCc3cccs3)CC2)c1. The summed E-state index contributed by atoms with van der Waals surface area (Å²) in [6.45, 7) is 1.66. The molecule has 1 aromatic heterocycles. The van der Waals surface area contributed by atoms with Crippen molar-refractivity contribution < 1.29 is 22.7 Å². The molecule has 0 saturated carbocycles. The van der Waals surface area contributed by atoms with Gasteiger partial charge in [-0.1, -0.05) is 6.07 Å². The van der Waals surface area contributed by atoms with Crippen molar-refractivity contribution in [1.29, 1.82) is 0 Å². The summed E-state index contributed by atoms with van der Waals surface area (Å²) in [5.74, 6) is 0.702. The number of nitrogens with zero attached hydrogens (tertiary/aromatic N) is 2. The summed E-state index contributed by atoms with van der Waals surface area (Å²) in [5.41, 5.74) is 0. The number of ether oxygens (including phenoxy) is 2. The molecular formula is C19H25N3O5S2. The molecule has 1 saturated heterocycles. The van der Waals surface area contributed by atoms with Gasteiger partial charge in [-0.05, 0) is 30.0 Å². The van der Waals surface area contributed by atoms with Crippen LogP contribution in [0.2, 0.25) is 0 Å². The van der Waals surface area contributed by atoms with Crippen LogP contribution in [-0.2, 0) is 16.4 Å². The molecule has 3 rings (SSSR count). The summed E-state index contributed by atoms with van der Waals surface area (Å²) < 4.78 is 37.9. The van der Waals surface area contributed by atoms with Crippen molar-refractivity contribution in [2.45, 2.75) is 11.3 Å². The van der Waals surface area contributed by atoms with E-state index in [0.29, 0.717) is 25.4 Å². The summed E-state index contributed by atoms with van der Waals surface area (Å²) in [6, 6.07) is 8.53. The lowest BCUT2D eigenvalue weighted by Gasteiger charge is -2.34. The number of piperazine rings is 1. The van der Waals surface area contributed by atoms with E-state index < -0.39 is 10.0 Å². The average molecular weight is 440 g/mol. The van der Waals surface area contributed by atoms with E-state index in [1.54, 1.807) is 28.4 Å². The first kappa shape index (κ1) is 21.4. The van der Waals surface area contributed by atoms with Crippen molar-refractivity contribution in [3.63, 3.8) is 0 Å². The monoisotopic (exact) mass is 439 g/mol. The van der Waals surface area contributed by atoms with E-state index >= 15 is 0 Å². The van der Waals surface area contributed by atoms with Crippen LogP contribution in [0, 0.1) is 0 Å². The van der Waals surface area contributed by atoms with Gasteiger partial charge in [0.1, 0.15) is 16.4 Å². The number of carbonyl (C=O) groups excluding carboxylic acids is 1. The molecule has 0 atom stereocenters. The third kappa shape index (κ3) is 5.01. The maximum Gasteiger partial charge on any atom is 0.317 e. The van der Waals surface area contributed by atoms with Crippen molar-refractivity contribution in [2.75, 3.05) is 46.9 Å². The molecule has 0 radical (unpaired) electrons. The second-order valence-electron chi connectivity index (χ2n) is 6.47. The largest absolute Gasteiger partial charge is 0.497 e. The minimum absolute atomic E-state index is 0.0631. The van der Waals surface area contributed by atoms with Crippen LogP contribution in [0.15, 0.2) is 40.6 Å². The quantitative estimate of drug-likeness (QED) is 0.713. The normalized spacial score (nSPS) is 15.2. The summed E-state index contributed by atoms with van der Waals surface area (Å²) in [4.78, 5) is 15.3. The second kappa shape index (κ2) is 9.47. The molecule has 2 heterocycles. The van der Waals surface area contributed by atoms with Crippen molar-refractivity contribution in [2.24, 2.45) is 0 Å². The maximum atomic E-state index is 13.1. The Morgan fingerprint density at radius 2 is 1.90 bits per heavy atom. The molecule has 1 aromatic carbocycles. The van der Waals surface area contributed by atoms with Gasteiger partial charge in [-0.2, -0.15) is 4.31 Å². The van der Waals surface area contributed by atoms with Gasteiger partial charge in [-0.25, -0.2) is 13.2 Å². The van der Waals surface area contributed by atoms with Gasteiger partial charge in [0.25, 0.3) is 0 Å². The van der Waals surface area contributed by atoms with Gasteiger partial charge in [-0.3, -0.25) is 0 Å². The van der Waals surface area contributed by atoms with Gasteiger partial charge >= 0.3 is 6.03 Å². The number of hydrogen-bond donors (Lipinski definition) is 1. The number of hydrogen-bond acceptors (Lipinski definition) is 6. The lowest BCUT2D eigenvalue weighted by atomic mass is 10.3. The van der Waals surface area contributed by atoms with Crippen LogP contribution in [0.3, 0.4) is 0 Å². The van der Waals surface area contributed by atoms with Crippen LogP contribution in [0.5, 0.6) is 11.5 Å². The van der Waals surface area contributed by atoms with Crippen molar-refractivity contribution in [3.8, 4) is 11.5 Å². The predicted molar refractivity (Wildman–Crippen MR) is 111 cm³/mol. The zero-order valence-corrected chi connectivity index (χ0v) is 18.1. The van der Waals surface area contributed by atoms with E-state index in [9.17, 15) is 13.2 Å². The highest BCUT2D eigenvalue weighted by atomic mass is 32.2. The Labute approximate surface area is 175 Å². The van der Waals surface area contributed by atoms with E-state index in [4.69, 9.17) is 9.47 Å².